The number of benzene rings is 2. The molecule has 3 N–H and O–H groups in total. The quantitative estimate of drug-likeness (QED) is 0.681. The van der Waals surface area contributed by atoms with Gasteiger partial charge in [0.05, 0.1) is 12.8 Å². The van der Waals surface area contributed by atoms with Gasteiger partial charge in [0.15, 0.2) is 0 Å². The van der Waals surface area contributed by atoms with Crippen molar-refractivity contribution in [3.63, 3.8) is 0 Å². The Balaban J connectivity index is 2.09. The van der Waals surface area contributed by atoms with Gasteiger partial charge in [0, 0.05) is 22.8 Å². The zero-order valence-electron chi connectivity index (χ0n) is 14.2. The van der Waals surface area contributed by atoms with Crippen LogP contribution in [0.1, 0.15) is 13.8 Å². The zero-order chi connectivity index (χ0) is 18.4. The Morgan fingerprint density at radius 2 is 1.68 bits per heavy atom. The van der Waals surface area contributed by atoms with Crippen LogP contribution in [0.25, 0.3) is 0 Å². The van der Waals surface area contributed by atoms with Crippen molar-refractivity contribution < 1.29 is 14.3 Å². The van der Waals surface area contributed by atoms with Crippen molar-refractivity contribution in [3.8, 4) is 5.75 Å². The highest BCUT2D eigenvalue weighted by Crippen LogP contribution is 2.28. The molecule has 0 radical (unpaired) electrons. The van der Waals surface area contributed by atoms with Crippen LogP contribution in [0, 0.1) is 0 Å². The molecule has 0 aliphatic rings. The van der Waals surface area contributed by atoms with Gasteiger partial charge in [-0.05, 0) is 49.4 Å². The molecule has 0 aliphatic heterocycles. The summed E-state index contributed by atoms with van der Waals surface area (Å²) in [5.74, 6) is 0.104. The van der Waals surface area contributed by atoms with Gasteiger partial charge < -0.3 is 20.7 Å². The first-order valence-electron chi connectivity index (χ1n) is 7.67. The van der Waals surface area contributed by atoms with Crippen LogP contribution in [0.15, 0.2) is 46.9 Å². The maximum Gasteiger partial charge on any atom is 0.246 e. The van der Waals surface area contributed by atoms with E-state index in [9.17, 15) is 9.59 Å². The topological polar surface area (TPSA) is 79.5 Å². The lowest BCUT2D eigenvalue weighted by Gasteiger charge is -2.17. The molecule has 0 saturated carbocycles. The summed E-state index contributed by atoms with van der Waals surface area (Å²) in [7, 11) is 1.52. The van der Waals surface area contributed by atoms with Crippen LogP contribution < -0.4 is 20.7 Å². The van der Waals surface area contributed by atoms with Gasteiger partial charge in [-0.1, -0.05) is 15.9 Å². The highest BCUT2D eigenvalue weighted by atomic mass is 79.9. The maximum absolute atomic E-state index is 12.5. The molecule has 6 nitrogen and oxygen atoms in total. The molecular weight excluding hydrogens is 386 g/mol. The second-order valence-electron chi connectivity index (χ2n) is 5.46. The van der Waals surface area contributed by atoms with Crippen molar-refractivity contribution >= 4 is 44.8 Å². The fourth-order valence-corrected chi connectivity index (χ4v) is 2.45. The Bertz CT molecular complexity index is 763. The molecule has 0 saturated heterocycles. The Kier molecular flexibility index (Phi) is 6.41. The van der Waals surface area contributed by atoms with Crippen molar-refractivity contribution in [2.24, 2.45) is 0 Å². The van der Waals surface area contributed by atoms with Gasteiger partial charge in [-0.3, -0.25) is 9.59 Å². The third-order valence-corrected chi connectivity index (χ3v) is 3.93. The van der Waals surface area contributed by atoms with Gasteiger partial charge in [0.25, 0.3) is 0 Å². The summed E-state index contributed by atoms with van der Waals surface area (Å²) in [6.07, 6.45) is 0. The van der Waals surface area contributed by atoms with E-state index in [0.717, 1.165) is 10.2 Å². The number of hydrogen-bond donors (Lipinski definition) is 3. The minimum Gasteiger partial charge on any atom is -0.495 e. The number of hydrogen-bond acceptors (Lipinski definition) is 4. The lowest BCUT2D eigenvalue weighted by Crippen LogP contribution is -2.32. The van der Waals surface area contributed by atoms with Crippen molar-refractivity contribution in [1.82, 2.24) is 0 Å². The van der Waals surface area contributed by atoms with Crippen molar-refractivity contribution in [3.05, 3.63) is 46.9 Å². The number of ether oxygens (including phenoxy) is 1. The molecule has 0 bridgehead atoms. The number of nitrogens with one attached hydrogen (secondary N) is 3. The molecule has 0 spiro atoms. The van der Waals surface area contributed by atoms with Gasteiger partial charge in [-0.15, -0.1) is 0 Å². The van der Waals surface area contributed by atoms with E-state index >= 15 is 0 Å². The Morgan fingerprint density at radius 3 is 2.28 bits per heavy atom. The van der Waals surface area contributed by atoms with Crippen LogP contribution in [0.5, 0.6) is 5.75 Å². The van der Waals surface area contributed by atoms with E-state index in [1.807, 2.05) is 24.3 Å². The fourth-order valence-electron chi connectivity index (χ4n) is 2.19. The van der Waals surface area contributed by atoms with Crippen LogP contribution in [0.3, 0.4) is 0 Å². The Morgan fingerprint density at radius 1 is 1.04 bits per heavy atom. The van der Waals surface area contributed by atoms with E-state index in [-0.39, 0.29) is 11.8 Å². The predicted octanol–water partition coefficient (Wildman–Crippen LogP) is 3.86. The molecule has 25 heavy (non-hydrogen) atoms. The molecule has 0 heterocycles. The summed E-state index contributed by atoms with van der Waals surface area (Å²) in [5, 5.41) is 8.63. The van der Waals surface area contributed by atoms with Crippen molar-refractivity contribution in [2.45, 2.75) is 19.9 Å². The summed E-state index contributed by atoms with van der Waals surface area (Å²) >= 11 is 3.37. The number of amides is 2. The number of methoxy groups -OCH3 is 1. The molecule has 0 aromatic heterocycles. The molecule has 7 heteroatoms. The largest absolute Gasteiger partial charge is 0.495 e. The molecule has 2 aromatic rings. The number of anilines is 3. The van der Waals surface area contributed by atoms with E-state index in [0.29, 0.717) is 17.1 Å². The van der Waals surface area contributed by atoms with Gasteiger partial charge >= 0.3 is 0 Å². The predicted molar refractivity (Wildman–Crippen MR) is 103 cm³/mol. The van der Waals surface area contributed by atoms with E-state index in [2.05, 4.69) is 31.9 Å². The Hall–Kier alpha value is -2.54. The molecule has 2 aromatic carbocycles. The molecule has 1 atom stereocenters. The Labute approximate surface area is 155 Å². The molecule has 132 valence electrons. The summed E-state index contributed by atoms with van der Waals surface area (Å²) in [6, 6.07) is 12.1. The monoisotopic (exact) mass is 405 g/mol. The second kappa shape index (κ2) is 8.53. The normalized spacial score (nSPS) is 11.4. The number of carbonyl (C=O) groups excluding carboxylic acids is 2. The first-order chi connectivity index (χ1) is 11.9. The van der Waals surface area contributed by atoms with Crippen LogP contribution >= 0.6 is 15.9 Å². The summed E-state index contributed by atoms with van der Waals surface area (Å²) in [5.41, 5.74) is 1.91. The van der Waals surface area contributed by atoms with Crippen LogP contribution in [-0.2, 0) is 9.59 Å². The first-order valence-corrected chi connectivity index (χ1v) is 8.47. The highest BCUT2D eigenvalue weighted by Gasteiger charge is 2.15. The highest BCUT2D eigenvalue weighted by molar-refractivity contribution is 9.10. The summed E-state index contributed by atoms with van der Waals surface area (Å²) < 4.78 is 6.23. The number of rotatable bonds is 6. The molecule has 0 aliphatic carbocycles. The first kappa shape index (κ1) is 18.8. The average molecular weight is 406 g/mol. The molecule has 2 rings (SSSR count). The molecule has 1 unspecified atom stereocenters. The lowest BCUT2D eigenvalue weighted by atomic mass is 10.2. The minimum absolute atomic E-state index is 0.187. The van der Waals surface area contributed by atoms with Gasteiger partial charge in [-0.25, -0.2) is 0 Å². The van der Waals surface area contributed by atoms with Crippen LogP contribution in [0.4, 0.5) is 17.1 Å². The van der Waals surface area contributed by atoms with Crippen LogP contribution in [-0.4, -0.2) is 25.0 Å². The smallest absolute Gasteiger partial charge is 0.246 e. The SMILES string of the molecule is COc1ccc(NC(C)=O)cc1NC(=O)C(C)Nc1ccc(Br)cc1. The average Bonchev–Trinajstić information content (AvgIpc) is 2.56. The third kappa shape index (κ3) is 5.49. The van der Waals surface area contributed by atoms with Crippen molar-refractivity contribution in [2.75, 3.05) is 23.1 Å². The number of halogens is 1. The van der Waals surface area contributed by atoms with Gasteiger partial charge in [0.2, 0.25) is 11.8 Å². The fraction of sp³-hybridized carbons (Fsp3) is 0.222. The van der Waals surface area contributed by atoms with Crippen LogP contribution in [0.2, 0.25) is 0 Å². The van der Waals surface area contributed by atoms with Gasteiger partial charge in [-0.2, -0.15) is 0 Å². The number of carbonyl (C=O) groups is 2. The molecular formula is C18H20BrN3O3. The summed E-state index contributed by atoms with van der Waals surface area (Å²) in [4.78, 5) is 23.7. The van der Waals surface area contributed by atoms with E-state index in [1.165, 1.54) is 14.0 Å². The van der Waals surface area contributed by atoms with Gasteiger partial charge in [0.1, 0.15) is 11.8 Å². The molecule has 2 amide bonds. The minimum atomic E-state index is -0.463. The zero-order valence-corrected chi connectivity index (χ0v) is 15.8. The van der Waals surface area contributed by atoms with E-state index in [1.54, 1.807) is 25.1 Å². The maximum atomic E-state index is 12.5. The lowest BCUT2D eigenvalue weighted by molar-refractivity contribution is -0.116. The third-order valence-electron chi connectivity index (χ3n) is 3.40. The standard InChI is InChI=1S/C18H20BrN3O3/c1-11(20-14-6-4-13(19)5-7-14)18(24)22-16-10-15(21-12(2)23)8-9-17(16)25-3/h4-11,20H,1-3H3,(H,21,23)(H,22,24). The van der Waals surface area contributed by atoms with E-state index < -0.39 is 6.04 Å². The van der Waals surface area contributed by atoms with Crippen molar-refractivity contribution in [1.29, 1.82) is 0 Å². The second-order valence-corrected chi connectivity index (χ2v) is 6.37. The van der Waals surface area contributed by atoms with E-state index in [4.69, 9.17) is 4.74 Å². The molecule has 0 fully saturated rings. The summed E-state index contributed by atoms with van der Waals surface area (Å²) in [6.45, 7) is 3.19.